The maximum Gasteiger partial charge on any atom is 0.270 e. The van der Waals surface area contributed by atoms with Crippen molar-refractivity contribution in [2.75, 3.05) is 19.7 Å². The van der Waals surface area contributed by atoms with Gasteiger partial charge in [0.2, 0.25) is 0 Å². The smallest absolute Gasteiger partial charge is 0.270 e. The molecule has 0 aromatic carbocycles. The van der Waals surface area contributed by atoms with Crippen molar-refractivity contribution in [1.29, 1.82) is 0 Å². The summed E-state index contributed by atoms with van der Waals surface area (Å²) in [7, 11) is 0. The first kappa shape index (κ1) is 21.5. The lowest BCUT2D eigenvalue weighted by atomic mass is 10.0. The van der Waals surface area contributed by atoms with Crippen LogP contribution in [-0.2, 0) is 17.7 Å². The van der Waals surface area contributed by atoms with Gasteiger partial charge in [-0.25, -0.2) is 4.68 Å². The molecule has 0 aliphatic carbocycles. The van der Waals surface area contributed by atoms with Crippen molar-refractivity contribution in [2.24, 2.45) is 0 Å². The second-order valence-electron chi connectivity index (χ2n) is 7.87. The van der Waals surface area contributed by atoms with Gasteiger partial charge in [0.1, 0.15) is 11.4 Å². The molecule has 1 aliphatic rings. The monoisotopic (exact) mass is 441 g/mol. The number of hydrogen-bond acceptors (Lipinski definition) is 6. The van der Waals surface area contributed by atoms with Crippen molar-refractivity contribution in [1.82, 2.24) is 24.9 Å². The molecular weight excluding hydrogens is 414 g/mol. The highest BCUT2D eigenvalue weighted by atomic mass is 32.1. The van der Waals surface area contributed by atoms with E-state index in [0.29, 0.717) is 43.9 Å². The number of ether oxygens (including phenoxy) is 1. The number of carbonyl (C=O) groups is 2. The summed E-state index contributed by atoms with van der Waals surface area (Å²) in [6.45, 7) is 7.42. The van der Waals surface area contributed by atoms with Gasteiger partial charge < -0.3 is 14.6 Å². The van der Waals surface area contributed by atoms with E-state index < -0.39 is 0 Å². The van der Waals surface area contributed by atoms with Crippen LogP contribution in [0.2, 0.25) is 0 Å². The van der Waals surface area contributed by atoms with Crippen molar-refractivity contribution in [3.63, 3.8) is 0 Å². The zero-order valence-electron chi connectivity index (χ0n) is 18.1. The van der Waals surface area contributed by atoms with E-state index in [1.54, 1.807) is 27.8 Å². The predicted molar refractivity (Wildman–Crippen MR) is 119 cm³/mol. The molecule has 4 rings (SSSR count). The number of nitrogens with zero attached hydrogens (tertiary/aromatic N) is 4. The minimum Gasteiger partial charge on any atom is -0.373 e. The third-order valence-corrected chi connectivity index (χ3v) is 6.21. The zero-order valence-corrected chi connectivity index (χ0v) is 18.9. The molecule has 1 atom stereocenters. The van der Waals surface area contributed by atoms with Gasteiger partial charge in [-0.1, -0.05) is 18.6 Å². The normalized spacial score (nSPS) is 16.6. The summed E-state index contributed by atoms with van der Waals surface area (Å²) in [5.41, 5.74) is 4.64. The SMILES string of the molecule is CCCc1c(C(=O)N2CCOC(Cn3cc(-c4ccsc4)nn3)C2)[nH]c(C)c1C(C)=O. The third kappa shape index (κ3) is 4.47. The number of amides is 1. The number of H-pyrrole nitrogens is 1. The molecule has 0 spiro atoms. The maximum absolute atomic E-state index is 13.3. The first-order valence-electron chi connectivity index (χ1n) is 10.5. The number of thiophene rings is 1. The van der Waals surface area contributed by atoms with Crippen LogP contribution in [0.1, 0.15) is 52.4 Å². The molecule has 164 valence electrons. The molecule has 1 N–H and O–H groups in total. The van der Waals surface area contributed by atoms with Gasteiger partial charge in [0.15, 0.2) is 5.78 Å². The molecule has 0 bridgehead atoms. The van der Waals surface area contributed by atoms with Gasteiger partial charge >= 0.3 is 0 Å². The van der Waals surface area contributed by atoms with Gasteiger partial charge in [-0.2, -0.15) is 11.3 Å². The molecule has 0 saturated carbocycles. The first-order chi connectivity index (χ1) is 15.0. The standard InChI is InChI=1S/C22H27N5O3S/c1-4-5-18-20(15(3)28)14(2)23-21(18)22(29)26-7-8-30-17(10-26)11-27-12-19(24-25-27)16-6-9-31-13-16/h6,9,12-13,17,23H,4-5,7-8,10-11H2,1-3H3. The Morgan fingerprint density at radius 2 is 2.23 bits per heavy atom. The zero-order chi connectivity index (χ0) is 22.0. The van der Waals surface area contributed by atoms with E-state index in [2.05, 4.69) is 15.3 Å². The van der Waals surface area contributed by atoms with Crippen LogP contribution < -0.4 is 0 Å². The number of hydrogen-bond donors (Lipinski definition) is 1. The Morgan fingerprint density at radius 3 is 2.94 bits per heavy atom. The number of nitrogens with one attached hydrogen (secondary N) is 1. The Labute approximate surface area is 185 Å². The summed E-state index contributed by atoms with van der Waals surface area (Å²) in [6, 6.07) is 2.01. The van der Waals surface area contributed by atoms with Crippen molar-refractivity contribution in [2.45, 2.75) is 46.3 Å². The molecule has 1 unspecified atom stereocenters. The van der Waals surface area contributed by atoms with Gasteiger partial charge in [-0.3, -0.25) is 9.59 Å². The lowest BCUT2D eigenvalue weighted by Crippen LogP contribution is -2.47. The van der Waals surface area contributed by atoms with Crippen LogP contribution in [0.4, 0.5) is 0 Å². The van der Waals surface area contributed by atoms with Crippen LogP contribution in [0.3, 0.4) is 0 Å². The fraction of sp³-hybridized carbons (Fsp3) is 0.455. The van der Waals surface area contributed by atoms with E-state index in [1.807, 2.05) is 36.9 Å². The quantitative estimate of drug-likeness (QED) is 0.568. The van der Waals surface area contributed by atoms with Gasteiger partial charge in [0.25, 0.3) is 5.91 Å². The summed E-state index contributed by atoms with van der Waals surface area (Å²) >= 11 is 1.62. The molecule has 1 saturated heterocycles. The number of aromatic nitrogens is 4. The summed E-state index contributed by atoms with van der Waals surface area (Å²) < 4.78 is 7.66. The average molecular weight is 442 g/mol. The molecule has 8 nitrogen and oxygen atoms in total. The highest BCUT2D eigenvalue weighted by Crippen LogP contribution is 2.24. The number of rotatable bonds is 7. The Bertz CT molecular complexity index is 1070. The van der Waals surface area contributed by atoms with Crippen LogP contribution in [0.25, 0.3) is 11.3 Å². The fourth-order valence-corrected chi connectivity index (χ4v) is 4.80. The molecule has 4 heterocycles. The summed E-state index contributed by atoms with van der Waals surface area (Å²) in [6.07, 6.45) is 3.28. The van der Waals surface area contributed by atoms with Crippen LogP contribution in [0, 0.1) is 6.92 Å². The average Bonchev–Trinajstić information content (AvgIpc) is 3.48. The molecule has 1 amide bonds. The van der Waals surface area contributed by atoms with E-state index in [0.717, 1.165) is 28.9 Å². The molecule has 1 aliphatic heterocycles. The van der Waals surface area contributed by atoms with Gasteiger partial charge in [0.05, 0.1) is 25.5 Å². The van der Waals surface area contributed by atoms with Gasteiger partial charge in [-0.05, 0) is 37.3 Å². The van der Waals surface area contributed by atoms with Gasteiger partial charge in [-0.15, -0.1) is 5.10 Å². The number of aryl methyl sites for hydroxylation is 1. The lowest BCUT2D eigenvalue weighted by molar-refractivity contribution is -0.0303. The van der Waals surface area contributed by atoms with E-state index in [1.165, 1.54) is 0 Å². The Hall–Kier alpha value is -2.78. The Morgan fingerprint density at radius 1 is 1.39 bits per heavy atom. The fourth-order valence-electron chi connectivity index (χ4n) is 4.15. The second-order valence-corrected chi connectivity index (χ2v) is 8.65. The Kier molecular flexibility index (Phi) is 6.33. The number of Topliss-reactive ketones (excluding diaryl/α,β-unsaturated/α-hetero) is 1. The number of ketones is 1. The topological polar surface area (TPSA) is 93.1 Å². The van der Waals surface area contributed by atoms with E-state index in [4.69, 9.17) is 4.74 Å². The number of morpholine rings is 1. The van der Waals surface area contributed by atoms with Crippen LogP contribution in [0.5, 0.6) is 0 Å². The molecule has 31 heavy (non-hydrogen) atoms. The van der Waals surface area contributed by atoms with Crippen molar-refractivity contribution >= 4 is 23.0 Å². The minimum absolute atomic E-state index is 0.0105. The maximum atomic E-state index is 13.3. The Balaban J connectivity index is 1.48. The molecule has 3 aromatic heterocycles. The van der Waals surface area contributed by atoms with Crippen molar-refractivity contribution < 1.29 is 14.3 Å². The lowest BCUT2D eigenvalue weighted by Gasteiger charge is -2.32. The molecule has 0 radical (unpaired) electrons. The molecule has 1 fully saturated rings. The van der Waals surface area contributed by atoms with E-state index >= 15 is 0 Å². The predicted octanol–water partition coefficient (Wildman–Crippen LogP) is 3.34. The van der Waals surface area contributed by atoms with Crippen LogP contribution in [-0.4, -0.2) is 62.4 Å². The molecular formula is C22H27N5O3S. The van der Waals surface area contributed by atoms with Crippen molar-refractivity contribution in [3.05, 3.63) is 45.5 Å². The van der Waals surface area contributed by atoms with Crippen molar-refractivity contribution in [3.8, 4) is 11.3 Å². The highest BCUT2D eigenvalue weighted by Gasteiger charge is 2.30. The summed E-state index contributed by atoms with van der Waals surface area (Å²) in [5, 5.41) is 12.5. The molecule has 9 heteroatoms. The highest BCUT2D eigenvalue weighted by molar-refractivity contribution is 7.08. The van der Waals surface area contributed by atoms with Crippen LogP contribution >= 0.6 is 11.3 Å². The summed E-state index contributed by atoms with van der Waals surface area (Å²) in [4.78, 5) is 30.5. The van der Waals surface area contributed by atoms with E-state index in [-0.39, 0.29) is 17.8 Å². The van der Waals surface area contributed by atoms with Crippen LogP contribution in [0.15, 0.2) is 23.0 Å². The number of aromatic amines is 1. The van der Waals surface area contributed by atoms with E-state index in [9.17, 15) is 9.59 Å². The minimum atomic E-state index is -0.173. The first-order valence-corrected chi connectivity index (χ1v) is 11.5. The third-order valence-electron chi connectivity index (χ3n) is 5.53. The molecule has 3 aromatic rings. The summed E-state index contributed by atoms with van der Waals surface area (Å²) in [5.74, 6) is -0.0892. The second kappa shape index (κ2) is 9.15. The van der Waals surface area contributed by atoms with Gasteiger partial charge in [0, 0.05) is 35.3 Å². The number of carbonyl (C=O) groups excluding carboxylic acids is 2. The largest absolute Gasteiger partial charge is 0.373 e.